The Labute approximate surface area is 218 Å². The van der Waals surface area contributed by atoms with Crippen molar-refractivity contribution in [2.24, 2.45) is 5.92 Å². The summed E-state index contributed by atoms with van der Waals surface area (Å²) in [5.74, 6) is -0.949. The van der Waals surface area contributed by atoms with Crippen molar-refractivity contribution in [3.63, 3.8) is 0 Å². The molecular formula is C31H60O4. The monoisotopic (exact) mass is 496 g/mol. The van der Waals surface area contributed by atoms with Gasteiger partial charge < -0.3 is 14.6 Å². The predicted octanol–water partition coefficient (Wildman–Crippen LogP) is 9.48. The summed E-state index contributed by atoms with van der Waals surface area (Å²) >= 11 is 0. The van der Waals surface area contributed by atoms with Crippen LogP contribution in [0.4, 0.5) is 0 Å². The van der Waals surface area contributed by atoms with Gasteiger partial charge in [0.1, 0.15) is 0 Å². The highest BCUT2D eigenvalue weighted by Gasteiger charge is 2.35. The van der Waals surface area contributed by atoms with E-state index < -0.39 is 5.97 Å². The standard InChI is InChI=1S/C31H60O4/c1-3-5-7-9-11-13-15-17-19-21-25-34-29-24-23-28(31(32)33)27-30(29)35-26-22-20-18-16-14-12-10-8-6-4-2/h28-30H,3-27H2,1-2H3,(H,32,33). The van der Waals surface area contributed by atoms with Crippen molar-refractivity contribution in [2.45, 2.75) is 174 Å². The third-order valence-corrected chi connectivity index (χ3v) is 7.74. The van der Waals surface area contributed by atoms with Crippen LogP contribution in [-0.2, 0) is 14.3 Å². The molecule has 1 rings (SSSR count). The van der Waals surface area contributed by atoms with Crippen molar-refractivity contribution < 1.29 is 19.4 Å². The number of carboxylic acids is 1. The molecule has 0 aromatic carbocycles. The van der Waals surface area contributed by atoms with Crippen LogP contribution in [-0.4, -0.2) is 36.5 Å². The van der Waals surface area contributed by atoms with E-state index in [1.54, 1.807) is 0 Å². The number of hydrogen-bond donors (Lipinski definition) is 1. The summed E-state index contributed by atoms with van der Waals surface area (Å²) < 4.78 is 12.4. The Morgan fingerprint density at radius 1 is 0.571 bits per heavy atom. The number of hydrogen-bond acceptors (Lipinski definition) is 3. The summed E-state index contributed by atoms with van der Waals surface area (Å²) in [6.07, 6.45) is 28.6. The zero-order valence-corrected chi connectivity index (χ0v) is 23.6. The van der Waals surface area contributed by atoms with Crippen LogP contribution in [0, 0.1) is 5.92 Å². The van der Waals surface area contributed by atoms with Gasteiger partial charge in [-0.2, -0.15) is 0 Å². The molecule has 208 valence electrons. The molecule has 0 amide bonds. The number of rotatable bonds is 25. The largest absolute Gasteiger partial charge is 0.481 e. The Balaban J connectivity index is 2.11. The Kier molecular flexibility index (Phi) is 22.0. The molecule has 0 bridgehead atoms. The van der Waals surface area contributed by atoms with Gasteiger partial charge in [0, 0.05) is 13.2 Å². The maximum atomic E-state index is 11.5. The summed E-state index contributed by atoms with van der Waals surface area (Å²) in [5.41, 5.74) is 0. The third-order valence-electron chi connectivity index (χ3n) is 7.74. The highest BCUT2D eigenvalue weighted by Crippen LogP contribution is 2.29. The second-order valence-electron chi connectivity index (χ2n) is 11.0. The van der Waals surface area contributed by atoms with Crippen molar-refractivity contribution in [1.82, 2.24) is 0 Å². The van der Waals surface area contributed by atoms with E-state index in [-0.39, 0.29) is 18.1 Å². The molecular weight excluding hydrogens is 436 g/mol. The zero-order chi connectivity index (χ0) is 25.4. The van der Waals surface area contributed by atoms with Crippen LogP contribution in [0.1, 0.15) is 162 Å². The number of aliphatic carboxylic acids is 1. The molecule has 0 saturated heterocycles. The molecule has 3 atom stereocenters. The van der Waals surface area contributed by atoms with Crippen molar-refractivity contribution in [2.75, 3.05) is 13.2 Å². The lowest BCUT2D eigenvalue weighted by molar-refractivity contribution is -0.151. The third kappa shape index (κ3) is 18.3. The second kappa shape index (κ2) is 23.8. The van der Waals surface area contributed by atoms with Crippen molar-refractivity contribution >= 4 is 5.97 Å². The molecule has 1 fully saturated rings. The number of carbonyl (C=O) groups is 1. The molecule has 3 unspecified atom stereocenters. The van der Waals surface area contributed by atoms with Crippen molar-refractivity contribution in [1.29, 1.82) is 0 Å². The van der Waals surface area contributed by atoms with E-state index in [1.807, 2.05) is 0 Å². The minimum Gasteiger partial charge on any atom is -0.481 e. The lowest BCUT2D eigenvalue weighted by Gasteiger charge is -2.34. The average molecular weight is 497 g/mol. The summed E-state index contributed by atoms with van der Waals surface area (Å²) in [6, 6.07) is 0. The van der Waals surface area contributed by atoms with Gasteiger partial charge in [0.2, 0.25) is 0 Å². The van der Waals surface area contributed by atoms with E-state index in [9.17, 15) is 9.90 Å². The number of unbranched alkanes of at least 4 members (excludes halogenated alkanes) is 18. The average Bonchev–Trinajstić information content (AvgIpc) is 2.86. The van der Waals surface area contributed by atoms with Gasteiger partial charge in [-0.05, 0) is 32.1 Å². The topological polar surface area (TPSA) is 55.8 Å². The minimum atomic E-state index is -0.675. The molecule has 0 aromatic rings. The van der Waals surface area contributed by atoms with Crippen molar-refractivity contribution in [3.05, 3.63) is 0 Å². The number of carboxylic acid groups (broad SMARTS) is 1. The van der Waals surface area contributed by atoms with Crippen LogP contribution in [0.3, 0.4) is 0 Å². The molecule has 0 heterocycles. The first-order chi connectivity index (χ1) is 17.2. The van der Waals surface area contributed by atoms with Gasteiger partial charge in [-0.1, -0.05) is 129 Å². The van der Waals surface area contributed by atoms with Gasteiger partial charge in [-0.25, -0.2) is 0 Å². The zero-order valence-electron chi connectivity index (χ0n) is 23.6. The van der Waals surface area contributed by atoms with E-state index in [2.05, 4.69) is 13.8 Å². The molecule has 1 saturated carbocycles. The molecule has 35 heavy (non-hydrogen) atoms. The molecule has 0 aromatic heterocycles. The highest BCUT2D eigenvalue weighted by atomic mass is 16.5. The second-order valence-corrected chi connectivity index (χ2v) is 11.0. The van der Waals surface area contributed by atoms with E-state index in [0.29, 0.717) is 6.42 Å². The quantitative estimate of drug-likeness (QED) is 0.128. The lowest BCUT2D eigenvalue weighted by atomic mass is 9.85. The molecule has 0 spiro atoms. The van der Waals surface area contributed by atoms with Gasteiger partial charge in [0.25, 0.3) is 0 Å². The summed E-state index contributed by atoms with van der Waals surface area (Å²) in [7, 11) is 0. The number of ether oxygens (including phenoxy) is 2. The Morgan fingerprint density at radius 3 is 1.34 bits per heavy atom. The van der Waals surface area contributed by atoms with Gasteiger partial charge in [0.05, 0.1) is 18.1 Å². The van der Waals surface area contributed by atoms with Crippen LogP contribution in [0.5, 0.6) is 0 Å². The normalized spacial score (nSPS) is 20.3. The molecule has 1 aliphatic rings. The molecule has 0 radical (unpaired) electrons. The lowest BCUT2D eigenvalue weighted by Crippen LogP contribution is -2.40. The SMILES string of the molecule is CCCCCCCCCCCCOC1CCC(C(=O)O)CC1OCCCCCCCCCCCC. The van der Waals surface area contributed by atoms with Crippen LogP contribution in [0.25, 0.3) is 0 Å². The van der Waals surface area contributed by atoms with Crippen LogP contribution < -0.4 is 0 Å². The van der Waals surface area contributed by atoms with E-state index in [0.717, 1.165) is 38.9 Å². The Morgan fingerprint density at radius 2 is 0.943 bits per heavy atom. The fraction of sp³-hybridized carbons (Fsp3) is 0.968. The van der Waals surface area contributed by atoms with Gasteiger partial charge >= 0.3 is 5.97 Å². The smallest absolute Gasteiger partial charge is 0.306 e. The molecule has 4 heteroatoms. The van der Waals surface area contributed by atoms with E-state index >= 15 is 0 Å². The van der Waals surface area contributed by atoms with Crippen LogP contribution >= 0.6 is 0 Å². The first kappa shape index (κ1) is 32.4. The Hall–Kier alpha value is -0.610. The molecule has 1 aliphatic carbocycles. The first-order valence-electron chi connectivity index (χ1n) is 15.6. The fourth-order valence-electron chi connectivity index (χ4n) is 5.34. The highest BCUT2D eigenvalue weighted by molar-refractivity contribution is 5.70. The van der Waals surface area contributed by atoms with Crippen molar-refractivity contribution in [3.8, 4) is 0 Å². The summed E-state index contributed by atoms with van der Waals surface area (Å²) in [6.45, 7) is 6.07. The molecule has 1 N–H and O–H groups in total. The Bertz CT molecular complexity index is 467. The fourth-order valence-corrected chi connectivity index (χ4v) is 5.34. The maximum absolute atomic E-state index is 11.5. The minimum absolute atomic E-state index is 0.0495. The summed E-state index contributed by atoms with van der Waals surface area (Å²) in [5, 5.41) is 9.48. The van der Waals surface area contributed by atoms with E-state index in [1.165, 1.54) is 116 Å². The molecule has 0 aliphatic heterocycles. The van der Waals surface area contributed by atoms with E-state index in [4.69, 9.17) is 9.47 Å². The van der Waals surface area contributed by atoms with Gasteiger partial charge in [-0.3, -0.25) is 4.79 Å². The van der Waals surface area contributed by atoms with Crippen LogP contribution in [0.2, 0.25) is 0 Å². The van der Waals surface area contributed by atoms with Crippen LogP contribution in [0.15, 0.2) is 0 Å². The maximum Gasteiger partial charge on any atom is 0.306 e. The van der Waals surface area contributed by atoms with Gasteiger partial charge in [0.15, 0.2) is 0 Å². The van der Waals surface area contributed by atoms with Gasteiger partial charge in [-0.15, -0.1) is 0 Å². The molecule has 4 nitrogen and oxygen atoms in total. The summed E-state index contributed by atoms with van der Waals surface area (Å²) in [4.78, 5) is 11.5. The first-order valence-corrected chi connectivity index (χ1v) is 15.6. The predicted molar refractivity (Wildman–Crippen MR) is 148 cm³/mol.